The van der Waals surface area contributed by atoms with Gasteiger partial charge in [0.15, 0.2) is 0 Å². The Morgan fingerprint density at radius 3 is 2.94 bits per heavy atom. The van der Waals surface area contributed by atoms with Gasteiger partial charge in [-0.2, -0.15) is 0 Å². The molecule has 2 N–H and O–H groups in total. The van der Waals surface area contributed by atoms with Gasteiger partial charge in [0, 0.05) is 18.2 Å². The number of allylic oxidation sites excluding steroid dienone is 1. The SMILES string of the molecule is C=C(C)OC(=O)N1CCc2cc(B(O)O)cnc21. The molecule has 1 aliphatic heterocycles. The van der Waals surface area contributed by atoms with E-state index < -0.39 is 13.2 Å². The van der Waals surface area contributed by atoms with E-state index in [0.29, 0.717) is 30.0 Å². The number of carbonyl (C=O) groups excluding carboxylic acids is 1. The van der Waals surface area contributed by atoms with Crippen LogP contribution in [0.3, 0.4) is 0 Å². The fourth-order valence-electron chi connectivity index (χ4n) is 1.81. The first kappa shape index (κ1) is 12.6. The molecule has 6 nitrogen and oxygen atoms in total. The fourth-order valence-corrected chi connectivity index (χ4v) is 1.81. The molecule has 1 aromatic heterocycles. The average molecular weight is 248 g/mol. The molecule has 2 heterocycles. The second kappa shape index (κ2) is 4.79. The Kier molecular flexibility index (Phi) is 3.35. The number of anilines is 1. The zero-order chi connectivity index (χ0) is 13.3. The molecule has 94 valence electrons. The van der Waals surface area contributed by atoms with Gasteiger partial charge in [-0.15, -0.1) is 0 Å². The second-order valence-corrected chi connectivity index (χ2v) is 4.10. The van der Waals surface area contributed by atoms with E-state index in [2.05, 4.69) is 11.6 Å². The molecule has 0 aromatic carbocycles. The van der Waals surface area contributed by atoms with Gasteiger partial charge in [0.25, 0.3) is 0 Å². The number of amides is 1. The van der Waals surface area contributed by atoms with Crippen LogP contribution in [0, 0.1) is 0 Å². The third-order valence-electron chi connectivity index (χ3n) is 2.60. The van der Waals surface area contributed by atoms with Gasteiger partial charge in [-0.25, -0.2) is 9.78 Å². The van der Waals surface area contributed by atoms with Crippen molar-refractivity contribution in [1.82, 2.24) is 4.98 Å². The van der Waals surface area contributed by atoms with Crippen molar-refractivity contribution in [2.75, 3.05) is 11.4 Å². The Bertz CT molecular complexity index is 504. The molecule has 0 atom stereocenters. The lowest BCUT2D eigenvalue weighted by Gasteiger charge is -2.15. The van der Waals surface area contributed by atoms with E-state index in [0.717, 1.165) is 5.56 Å². The lowest BCUT2D eigenvalue weighted by Crippen LogP contribution is -2.32. The summed E-state index contributed by atoms with van der Waals surface area (Å²) in [6, 6.07) is 1.63. The molecule has 0 fully saturated rings. The normalized spacial score (nSPS) is 13.2. The minimum Gasteiger partial charge on any atom is -0.423 e. The minimum absolute atomic E-state index is 0.309. The molecule has 1 aromatic rings. The van der Waals surface area contributed by atoms with Crippen molar-refractivity contribution in [3.05, 3.63) is 30.2 Å². The van der Waals surface area contributed by atoms with Gasteiger partial charge in [0.05, 0.1) is 5.76 Å². The molecule has 0 spiro atoms. The number of carbonyl (C=O) groups is 1. The number of rotatable bonds is 2. The van der Waals surface area contributed by atoms with Gasteiger partial charge < -0.3 is 14.8 Å². The molecule has 0 unspecified atom stereocenters. The van der Waals surface area contributed by atoms with Crippen LogP contribution >= 0.6 is 0 Å². The first-order valence-corrected chi connectivity index (χ1v) is 5.49. The highest BCUT2D eigenvalue weighted by atomic mass is 16.6. The van der Waals surface area contributed by atoms with E-state index in [1.54, 1.807) is 13.0 Å². The molecule has 2 rings (SSSR count). The third-order valence-corrected chi connectivity index (χ3v) is 2.60. The quantitative estimate of drug-likeness (QED) is 0.559. The van der Waals surface area contributed by atoms with E-state index >= 15 is 0 Å². The Hall–Kier alpha value is -1.86. The van der Waals surface area contributed by atoms with Crippen LogP contribution in [-0.4, -0.2) is 34.8 Å². The Balaban J connectivity index is 2.23. The molecule has 7 heteroatoms. The van der Waals surface area contributed by atoms with Crippen molar-refractivity contribution in [1.29, 1.82) is 0 Å². The van der Waals surface area contributed by atoms with Crippen molar-refractivity contribution in [3.63, 3.8) is 0 Å². The smallest absolute Gasteiger partial charge is 0.423 e. The number of nitrogens with zero attached hydrogens (tertiary/aromatic N) is 2. The first-order chi connectivity index (χ1) is 8.49. The molecule has 0 radical (unpaired) electrons. The maximum absolute atomic E-state index is 11.7. The Morgan fingerprint density at radius 2 is 2.33 bits per heavy atom. The largest absolute Gasteiger partial charge is 0.490 e. The summed E-state index contributed by atoms with van der Waals surface area (Å²) >= 11 is 0. The molecule has 1 aliphatic rings. The van der Waals surface area contributed by atoms with Gasteiger partial charge in [0.2, 0.25) is 0 Å². The number of fused-ring (bicyclic) bond motifs is 1. The maximum Gasteiger partial charge on any atom is 0.490 e. The Labute approximate surface area is 105 Å². The van der Waals surface area contributed by atoms with Crippen molar-refractivity contribution in [2.24, 2.45) is 0 Å². The van der Waals surface area contributed by atoms with E-state index in [1.165, 1.54) is 11.1 Å². The summed E-state index contributed by atoms with van der Waals surface area (Å²) in [7, 11) is -1.56. The number of hydrogen-bond acceptors (Lipinski definition) is 5. The van der Waals surface area contributed by atoms with Crippen molar-refractivity contribution in [3.8, 4) is 0 Å². The lowest BCUT2D eigenvalue weighted by molar-refractivity contribution is 0.184. The van der Waals surface area contributed by atoms with Gasteiger partial charge in [0.1, 0.15) is 5.82 Å². The van der Waals surface area contributed by atoms with Crippen LogP contribution in [0.15, 0.2) is 24.6 Å². The van der Waals surface area contributed by atoms with Gasteiger partial charge in [-0.05, 0) is 18.9 Å². The van der Waals surface area contributed by atoms with Crippen molar-refractivity contribution in [2.45, 2.75) is 13.3 Å². The fraction of sp³-hybridized carbons (Fsp3) is 0.273. The number of aromatic nitrogens is 1. The van der Waals surface area contributed by atoms with Crippen LogP contribution in [0.2, 0.25) is 0 Å². The molecular weight excluding hydrogens is 235 g/mol. The zero-order valence-electron chi connectivity index (χ0n) is 9.96. The second-order valence-electron chi connectivity index (χ2n) is 4.10. The summed E-state index contributed by atoms with van der Waals surface area (Å²) in [5, 5.41) is 18.1. The highest BCUT2D eigenvalue weighted by Gasteiger charge is 2.28. The highest BCUT2D eigenvalue weighted by molar-refractivity contribution is 6.58. The molecule has 0 aliphatic carbocycles. The number of pyridine rings is 1. The lowest BCUT2D eigenvalue weighted by atomic mass is 9.81. The maximum atomic E-state index is 11.7. The van der Waals surface area contributed by atoms with Gasteiger partial charge in [-0.3, -0.25) is 4.90 Å². The minimum atomic E-state index is -1.56. The number of hydrogen-bond donors (Lipinski definition) is 2. The van der Waals surface area contributed by atoms with Crippen molar-refractivity contribution >= 4 is 24.5 Å². The standard InChI is InChI=1S/C11H13BN2O4/c1-7(2)18-11(15)14-4-3-8-5-9(12(16)17)6-13-10(8)14/h5-6,16-17H,1,3-4H2,2H3. The molecule has 1 amide bonds. The van der Waals surface area contributed by atoms with Crippen molar-refractivity contribution < 1.29 is 19.6 Å². The van der Waals surface area contributed by atoms with Crippen LogP contribution in [0.1, 0.15) is 12.5 Å². The average Bonchev–Trinajstić information content (AvgIpc) is 2.70. The molecular formula is C11H13BN2O4. The first-order valence-electron chi connectivity index (χ1n) is 5.49. The van der Waals surface area contributed by atoms with Crippen LogP contribution in [0.5, 0.6) is 0 Å². The van der Waals surface area contributed by atoms with Crippen LogP contribution in [0.25, 0.3) is 0 Å². The van der Waals surface area contributed by atoms with Gasteiger partial charge in [-0.1, -0.05) is 12.6 Å². The van der Waals surface area contributed by atoms with Gasteiger partial charge >= 0.3 is 13.2 Å². The van der Waals surface area contributed by atoms with Crippen LogP contribution in [-0.2, 0) is 11.2 Å². The molecule has 18 heavy (non-hydrogen) atoms. The highest BCUT2D eigenvalue weighted by Crippen LogP contribution is 2.25. The summed E-state index contributed by atoms with van der Waals surface area (Å²) in [5.74, 6) is 0.807. The zero-order valence-corrected chi connectivity index (χ0v) is 9.96. The molecule has 0 saturated heterocycles. The summed E-state index contributed by atoms with van der Waals surface area (Å²) in [6.07, 6.45) is 1.41. The van der Waals surface area contributed by atoms with E-state index in [4.69, 9.17) is 14.8 Å². The topological polar surface area (TPSA) is 82.9 Å². The van der Waals surface area contributed by atoms with Crippen LogP contribution < -0.4 is 10.4 Å². The molecule has 0 bridgehead atoms. The predicted molar refractivity (Wildman–Crippen MR) is 66.4 cm³/mol. The monoisotopic (exact) mass is 248 g/mol. The van der Waals surface area contributed by atoms with E-state index in [9.17, 15) is 4.79 Å². The van der Waals surface area contributed by atoms with Crippen LogP contribution in [0.4, 0.5) is 10.6 Å². The number of ether oxygens (including phenoxy) is 1. The summed E-state index contributed by atoms with van der Waals surface area (Å²) in [5.41, 5.74) is 1.10. The summed E-state index contributed by atoms with van der Waals surface area (Å²) in [4.78, 5) is 17.2. The summed E-state index contributed by atoms with van der Waals surface area (Å²) in [6.45, 7) is 5.55. The van der Waals surface area contributed by atoms with E-state index in [-0.39, 0.29) is 0 Å². The Morgan fingerprint density at radius 1 is 1.61 bits per heavy atom. The molecule has 0 saturated carbocycles. The van der Waals surface area contributed by atoms with E-state index in [1.807, 2.05) is 0 Å². The summed E-state index contributed by atoms with van der Waals surface area (Å²) < 4.78 is 4.92. The predicted octanol–water partition coefficient (Wildman–Crippen LogP) is -0.206. The third kappa shape index (κ3) is 2.37.